The molecule has 8 heteroatoms. The number of quaternary nitrogens is 1. The van der Waals surface area contributed by atoms with Crippen LogP contribution < -0.4 is 0 Å². The molecule has 0 saturated carbocycles. The molecule has 0 fully saturated rings. The number of aliphatic hydroxyl groups excluding tert-OH is 1. The van der Waals surface area contributed by atoms with Crippen molar-refractivity contribution >= 4 is 14.2 Å². The third kappa shape index (κ3) is 24.2. The first kappa shape index (κ1) is 31.5. The molecule has 0 aromatic rings. The average molecular weight is 481 g/mol. The maximum absolute atomic E-state index is 11.8. The second-order valence-corrected chi connectivity index (χ2v) is 10.8. The fraction of sp³-hybridized carbons (Fsp3) is 0.958. The topological polar surface area (TPSA) is 82.1 Å². The highest BCUT2D eigenvalue weighted by Gasteiger charge is 2.12. The Hall–Kier alpha value is -0.460. The Morgan fingerprint density at radius 3 is 1.81 bits per heavy atom. The molecule has 0 radical (unpaired) electrons. The molecular formula is C24H51NO6P+. The Morgan fingerprint density at radius 2 is 1.31 bits per heavy atom. The molecule has 0 rings (SSSR count). The predicted octanol–water partition coefficient (Wildman–Crippen LogP) is 5.50. The Bertz CT molecular complexity index is 470. The van der Waals surface area contributed by atoms with Gasteiger partial charge >= 0.3 is 14.2 Å². The molecule has 0 aliphatic rings. The molecule has 0 amide bonds. The number of aliphatic hydroxyl groups is 1. The number of hydrogen-bond acceptors (Lipinski definition) is 6. The van der Waals surface area contributed by atoms with Crippen LogP contribution in [0.4, 0.5) is 0 Å². The van der Waals surface area contributed by atoms with Crippen molar-refractivity contribution in [2.45, 2.75) is 103 Å². The molecule has 32 heavy (non-hydrogen) atoms. The highest BCUT2D eigenvalue weighted by atomic mass is 31.1. The summed E-state index contributed by atoms with van der Waals surface area (Å²) >= 11 is 0. The van der Waals surface area contributed by atoms with E-state index in [1.165, 1.54) is 64.2 Å². The summed E-state index contributed by atoms with van der Waals surface area (Å²) in [4.78, 5) is 11.8. The van der Waals surface area contributed by atoms with E-state index in [4.69, 9.17) is 13.8 Å². The van der Waals surface area contributed by atoms with Crippen LogP contribution in [0.1, 0.15) is 96.8 Å². The van der Waals surface area contributed by atoms with Crippen LogP contribution in [0.5, 0.6) is 0 Å². The summed E-state index contributed by atoms with van der Waals surface area (Å²) in [5.41, 5.74) is 0. The van der Waals surface area contributed by atoms with Gasteiger partial charge in [-0.05, 0) is 6.42 Å². The van der Waals surface area contributed by atoms with E-state index < -0.39 is 14.4 Å². The van der Waals surface area contributed by atoms with Crippen LogP contribution in [-0.2, 0) is 23.1 Å². The van der Waals surface area contributed by atoms with Crippen molar-refractivity contribution in [3.05, 3.63) is 0 Å². The number of nitrogens with zero attached hydrogens (tertiary/aromatic N) is 1. The number of esters is 1. The van der Waals surface area contributed by atoms with E-state index in [0.717, 1.165) is 19.3 Å². The van der Waals surface area contributed by atoms with Crippen molar-refractivity contribution in [2.75, 3.05) is 47.5 Å². The molecule has 0 bridgehead atoms. The van der Waals surface area contributed by atoms with Crippen molar-refractivity contribution in [1.29, 1.82) is 0 Å². The fourth-order valence-corrected chi connectivity index (χ4v) is 3.88. The van der Waals surface area contributed by atoms with Gasteiger partial charge in [0.15, 0.2) is 0 Å². The summed E-state index contributed by atoms with van der Waals surface area (Å²) in [5, 5.41) is 9.80. The minimum atomic E-state index is -2.64. The van der Waals surface area contributed by atoms with Crippen LogP contribution in [0.3, 0.4) is 0 Å². The van der Waals surface area contributed by atoms with E-state index in [9.17, 15) is 14.5 Å². The maximum atomic E-state index is 11.8. The van der Waals surface area contributed by atoms with Gasteiger partial charge in [-0.15, -0.1) is 0 Å². The number of unbranched alkanes of at least 4 members (excludes halogenated alkanes) is 12. The van der Waals surface area contributed by atoms with E-state index in [2.05, 4.69) is 6.92 Å². The van der Waals surface area contributed by atoms with Crippen LogP contribution in [0.25, 0.3) is 0 Å². The minimum absolute atomic E-state index is 0.148. The molecule has 0 aromatic carbocycles. The van der Waals surface area contributed by atoms with E-state index in [1.54, 1.807) is 0 Å². The number of carbonyl (C=O) groups excluding carboxylic acids is 1. The lowest BCUT2D eigenvalue weighted by atomic mass is 10.0. The van der Waals surface area contributed by atoms with Gasteiger partial charge in [-0.25, -0.2) is 0 Å². The average Bonchev–Trinajstić information content (AvgIpc) is 2.73. The van der Waals surface area contributed by atoms with Crippen LogP contribution in [0, 0.1) is 0 Å². The number of hydrogen-bond donors (Lipinski definition) is 1. The molecule has 0 aliphatic carbocycles. The van der Waals surface area contributed by atoms with Crippen molar-refractivity contribution < 1.29 is 32.7 Å². The second-order valence-electron chi connectivity index (χ2n) is 9.75. The van der Waals surface area contributed by atoms with Gasteiger partial charge in [0.25, 0.3) is 0 Å². The molecule has 0 spiro atoms. The van der Waals surface area contributed by atoms with Gasteiger partial charge in [0.1, 0.15) is 25.9 Å². The molecule has 2 atom stereocenters. The van der Waals surface area contributed by atoms with Crippen molar-refractivity contribution in [2.24, 2.45) is 0 Å². The van der Waals surface area contributed by atoms with E-state index in [1.807, 2.05) is 21.1 Å². The first-order valence-electron chi connectivity index (χ1n) is 12.7. The van der Waals surface area contributed by atoms with E-state index >= 15 is 0 Å². The third-order valence-electron chi connectivity index (χ3n) is 5.30. The van der Waals surface area contributed by atoms with E-state index in [-0.39, 0.29) is 19.2 Å². The Labute approximate surface area is 197 Å². The Morgan fingerprint density at radius 1 is 0.812 bits per heavy atom. The smallest absolute Gasteiger partial charge is 0.319 e. The minimum Gasteiger partial charge on any atom is -0.463 e. The van der Waals surface area contributed by atoms with Gasteiger partial charge in [-0.3, -0.25) is 9.36 Å². The zero-order valence-electron chi connectivity index (χ0n) is 21.2. The highest BCUT2D eigenvalue weighted by molar-refractivity contribution is 7.33. The molecule has 2 unspecified atom stereocenters. The molecular weight excluding hydrogens is 429 g/mol. The lowest BCUT2D eigenvalue weighted by Gasteiger charge is -2.23. The largest absolute Gasteiger partial charge is 0.463 e. The van der Waals surface area contributed by atoms with Gasteiger partial charge < -0.3 is 23.4 Å². The van der Waals surface area contributed by atoms with Gasteiger partial charge in [-0.2, -0.15) is 0 Å². The number of rotatable bonds is 23. The number of carbonyl (C=O) groups is 1. The third-order valence-corrected chi connectivity index (χ3v) is 6.14. The van der Waals surface area contributed by atoms with Gasteiger partial charge in [-0.1, -0.05) is 84.0 Å². The lowest BCUT2D eigenvalue weighted by Crippen LogP contribution is -2.37. The van der Waals surface area contributed by atoms with Gasteiger partial charge in [0.2, 0.25) is 0 Å². The molecule has 192 valence electrons. The molecule has 1 N–H and O–H groups in total. The predicted molar refractivity (Wildman–Crippen MR) is 131 cm³/mol. The monoisotopic (exact) mass is 480 g/mol. The normalized spacial score (nSPS) is 13.8. The summed E-state index contributed by atoms with van der Waals surface area (Å²) in [5.74, 6) is -0.307. The zero-order chi connectivity index (χ0) is 24.1. The van der Waals surface area contributed by atoms with E-state index in [0.29, 0.717) is 24.1 Å². The summed E-state index contributed by atoms with van der Waals surface area (Å²) in [6.07, 6.45) is 15.8. The fourth-order valence-electron chi connectivity index (χ4n) is 3.21. The first-order valence-corrected chi connectivity index (χ1v) is 13.9. The first-order chi connectivity index (χ1) is 15.2. The van der Waals surface area contributed by atoms with Crippen molar-refractivity contribution in [3.8, 4) is 0 Å². The van der Waals surface area contributed by atoms with Crippen LogP contribution in [0.15, 0.2) is 0 Å². The standard InChI is InChI=1S/C24H51NO6P/c1-5-6-7-8-9-10-11-12-13-14-15-16-17-18-24(27)29-21-23(26)22-31-32(28)30-20-19-25(2,3)4/h23,26,32H,5-22H2,1-4H3/q+1. The summed E-state index contributed by atoms with van der Waals surface area (Å²) in [6.45, 7) is 2.97. The van der Waals surface area contributed by atoms with Crippen LogP contribution in [-0.4, -0.2) is 69.2 Å². The van der Waals surface area contributed by atoms with Crippen LogP contribution in [0.2, 0.25) is 0 Å². The van der Waals surface area contributed by atoms with Gasteiger partial charge in [0.05, 0.1) is 27.7 Å². The maximum Gasteiger partial charge on any atom is 0.319 e. The van der Waals surface area contributed by atoms with Crippen molar-refractivity contribution in [1.82, 2.24) is 0 Å². The number of likely N-dealkylation sites (N-methyl/N-ethyl adjacent to an activating group) is 1. The van der Waals surface area contributed by atoms with Gasteiger partial charge in [0, 0.05) is 6.42 Å². The molecule has 0 heterocycles. The second kappa shape index (κ2) is 21.1. The number of ether oxygens (including phenoxy) is 1. The Balaban J connectivity index is 3.45. The quantitative estimate of drug-likeness (QED) is 0.0900. The SMILES string of the molecule is CCCCCCCCCCCCCCCC(=O)OCC(O)CO[PH](=O)OCC[N+](C)(C)C. The Kier molecular flexibility index (Phi) is 20.8. The summed E-state index contributed by atoms with van der Waals surface area (Å²) in [6, 6.07) is 0. The van der Waals surface area contributed by atoms with Crippen molar-refractivity contribution in [3.63, 3.8) is 0 Å². The molecule has 0 aromatic heterocycles. The zero-order valence-corrected chi connectivity index (χ0v) is 22.2. The molecule has 0 aliphatic heterocycles. The lowest BCUT2D eigenvalue weighted by molar-refractivity contribution is -0.870. The summed E-state index contributed by atoms with van der Waals surface area (Å²) < 4.78 is 27.5. The van der Waals surface area contributed by atoms with Crippen LogP contribution >= 0.6 is 8.25 Å². The summed E-state index contributed by atoms with van der Waals surface area (Å²) in [7, 11) is 3.39. The highest BCUT2D eigenvalue weighted by Crippen LogP contribution is 2.23. The molecule has 0 saturated heterocycles. The molecule has 7 nitrogen and oxygen atoms in total.